The van der Waals surface area contributed by atoms with E-state index in [1.807, 2.05) is 0 Å². The summed E-state index contributed by atoms with van der Waals surface area (Å²) >= 11 is 0. The molecule has 15 nitrogen and oxygen atoms in total. The maximum absolute atomic E-state index is 12.8. The van der Waals surface area contributed by atoms with Gasteiger partial charge in [-0.2, -0.15) is 0 Å². The Morgan fingerprint density at radius 1 is 0.545 bits per heavy atom. The lowest BCUT2D eigenvalue weighted by Gasteiger charge is -2.65. The number of ether oxygens (including phenoxy) is 8. The molecule has 44 heavy (non-hydrogen) atoms. The van der Waals surface area contributed by atoms with E-state index < -0.39 is 113 Å². The van der Waals surface area contributed by atoms with Crippen molar-refractivity contribution in [3.05, 3.63) is 0 Å². The van der Waals surface area contributed by atoms with E-state index in [4.69, 9.17) is 37.9 Å². The minimum Gasteiger partial charge on any atom is -0.465 e. The quantitative estimate of drug-likeness (QED) is 0.272. The van der Waals surface area contributed by atoms with Crippen LogP contribution in [0.3, 0.4) is 0 Å². The van der Waals surface area contributed by atoms with Crippen molar-refractivity contribution in [3.8, 4) is 0 Å². The lowest BCUT2D eigenvalue weighted by Crippen LogP contribution is -2.84. The van der Waals surface area contributed by atoms with E-state index in [9.17, 15) is 33.6 Å². The third-order valence-corrected chi connectivity index (χ3v) is 8.47. The Labute approximate surface area is 254 Å². The van der Waals surface area contributed by atoms with E-state index in [2.05, 4.69) is 0 Å². The van der Waals surface area contributed by atoms with Crippen LogP contribution >= 0.6 is 0 Å². The molecule has 10 atom stereocenters. The molecule has 1 saturated heterocycles. The van der Waals surface area contributed by atoms with Gasteiger partial charge in [-0.1, -0.05) is 6.92 Å². The molecule has 0 N–H and O–H groups in total. The van der Waals surface area contributed by atoms with Crippen molar-refractivity contribution in [3.63, 3.8) is 0 Å². The molecule has 0 aromatic heterocycles. The van der Waals surface area contributed by atoms with E-state index in [0.29, 0.717) is 0 Å². The van der Waals surface area contributed by atoms with Crippen molar-refractivity contribution >= 4 is 41.8 Å². The maximum atomic E-state index is 12.8. The van der Waals surface area contributed by atoms with Crippen molar-refractivity contribution in [2.45, 2.75) is 117 Å². The summed E-state index contributed by atoms with van der Waals surface area (Å²) in [6.45, 7) is 11.7. The second kappa shape index (κ2) is 12.3. The Hall–Kier alpha value is -3.75. The molecule has 1 heterocycles. The number of carbonyl (C=O) groups excluding carboxylic acids is 7. The highest BCUT2D eigenvalue weighted by Crippen LogP contribution is 2.69. The van der Waals surface area contributed by atoms with Crippen LogP contribution < -0.4 is 0 Å². The van der Waals surface area contributed by atoms with Gasteiger partial charge >= 0.3 is 41.8 Å². The van der Waals surface area contributed by atoms with Gasteiger partial charge in [0.15, 0.2) is 18.3 Å². The summed E-state index contributed by atoms with van der Waals surface area (Å²) in [5.74, 6) is -8.00. The van der Waals surface area contributed by atoms with Gasteiger partial charge in [0.2, 0.25) is 0 Å². The molecule has 3 fully saturated rings. The SMILES string of the molecule is CC(=O)OC[C@]12[C@H](OC(C)=O)[C@H](OC(C)=O)[C@@H](OC(C)=O)[C@H](C)[C@@]13OC(C)(C)[C@@H]([C@H](OC(C)=O)[C@@H]2OC(C)=O)[C@@H]3OC(C)=O. The summed E-state index contributed by atoms with van der Waals surface area (Å²) in [7, 11) is 0. The Morgan fingerprint density at radius 2 is 0.932 bits per heavy atom. The van der Waals surface area contributed by atoms with Crippen LogP contribution in [-0.4, -0.2) is 96.2 Å². The van der Waals surface area contributed by atoms with E-state index >= 15 is 0 Å². The monoisotopic (exact) mass is 628 g/mol. The molecule has 0 aromatic rings. The van der Waals surface area contributed by atoms with Crippen LogP contribution in [0.4, 0.5) is 0 Å². The molecule has 2 aliphatic carbocycles. The van der Waals surface area contributed by atoms with E-state index in [1.165, 1.54) is 0 Å². The van der Waals surface area contributed by atoms with Gasteiger partial charge in [-0.15, -0.1) is 0 Å². The van der Waals surface area contributed by atoms with Crippen LogP contribution in [0, 0.1) is 17.3 Å². The second-order valence-corrected chi connectivity index (χ2v) is 11.9. The van der Waals surface area contributed by atoms with E-state index in [0.717, 1.165) is 48.5 Å². The first-order valence-electron chi connectivity index (χ1n) is 14.1. The summed E-state index contributed by atoms with van der Waals surface area (Å²) < 4.78 is 47.3. The third kappa shape index (κ3) is 5.85. The first-order chi connectivity index (χ1) is 20.2. The molecule has 1 spiro atoms. The standard InChI is InChI=1S/C29H40O15/c1-12-21(38-14(3)31)23(40-16(5)33)26(43-19(8)36)28(11-37-13(2)30)25(42-18(7)35)22(39-15(4)32)20-24(41-17(6)34)29(12,28)44-27(20,9)10/h12,20-26H,11H2,1-10H3/t12-,20-,21-,22-,23+,24-,25-,26+,28-,29-/m0/s1. The van der Waals surface area contributed by atoms with Crippen LogP contribution in [0.5, 0.6) is 0 Å². The molecule has 246 valence electrons. The molecule has 0 unspecified atom stereocenters. The zero-order valence-corrected chi connectivity index (χ0v) is 26.4. The van der Waals surface area contributed by atoms with Crippen LogP contribution in [0.2, 0.25) is 0 Å². The Morgan fingerprint density at radius 3 is 1.36 bits per heavy atom. The zero-order valence-electron chi connectivity index (χ0n) is 26.4. The molecule has 2 bridgehead atoms. The van der Waals surface area contributed by atoms with Crippen molar-refractivity contribution in [1.82, 2.24) is 0 Å². The molecule has 3 aliphatic rings. The van der Waals surface area contributed by atoms with E-state index in [-0.39, 0.29) is 0 Å². The lowest BCUT2D eigenvalue weighted by atomic mass is 9.46. The predicted molar refractivity (Wildman–Crippen MR) is 143 cm³/mol. The molecule has 3 rings (SSSR count). The van der Waals surface area contributed by atoms with Gasteiger partial charge in [0.1, 0.15) is 35.9 Å². The largest absolute Gasteiger partial charge is 0.465 e. The number of esters is 7. The lowest BCUT2D eigenvalue weighted by molar-refractivity contribution is -0.348. The van der Waals surface area contributed by atoms with Crippen LogP contribution in [0.25, 0.3) is 0 Å². The highest BCUT2D eigenvalue weighted by atomic mass is 16.7. The van der Waals surface area contributed by atoms with Crippen LogP contribution in [-0.2, 0) is 71.5 Å². The summed E-state index contributed by atoms with van der Waals surface area (Å²) in [6.07, 6.45) is -9.21. The summed E-state index contributed by atoms with van der Waals surface area (Å²) in [6, 6.07) is 0. The number of rotatable bonds is 8. The molecule has 1 aliphatic heterocycles. The summed E-state index contributed by atoms with van der Waals surface area (Å²) in [5, 5.41) is 0. The topological polar surface area (TPSA) is 193 Å². The first kappa shape index (κ1) is 34.7. The van der Waals surface area contributed by atoms with Gasteiger partial charge in [-0.25, -0.2) is 0 Å². The molecule has 0 radical (unpaired) electrons. The molecule has 15 heteroatoms. The van der Waals surface area contributed by atoms with Crippen molar-refractivity contribution < 1.29 is 71.5 Å². The number of fused-ring (bicyclic) bond motifs is 1. The fraction of sp³-hybridized carbons (Fsp3) is 0.759. The van der Waals surface area contributed by atoms with Crippen molar-refractivity contribution in [2.24, 2.45) is 17.3 Å². The average molecular weight is 629 g/mol. The normalized spacial score (nSPS) is 36.5. The van der Waals surface area contributed by atoms with E-state index in [1.54, 1.807) is 20.8 Å². The Kier molecular flexibility index (Phi) is 9.73. The molecule has 2 saturated carbocycles. The zero-order chi connectivity index (χ0) is 33.5. The van der Waals surface area contributed by atoms with Gasteiger partial charge < -0.3 is 37.9 Å². The van der Waals surface area contributed by atoms with Gasteiger partial charge in [0.25, 0.3) is 0 Å². The average Bonchev–Trinajstić information content (AvgIpc) is 3.03. The molecular weight excluding hydrogens is 588 g/mol. The van der Waals surface area contributed by atoms with Gasteiger partial charge in [-0.3, -0.25) is 33.6 Å². The second-order valence-electron chi connectivity index (χ2n) is 11.9. The smallest absolute Gasteiger partial charge is 0.303 e. The van der Waals surface area contributed by atoms with Gasteiger partial charge in [-0.05, 0) is 13.8 Å². The molecule has 0 amide bonds. The highest BCUT2D eigenvalue weighted by Gasteiger charge is 2.87. The number of hydrogen-bond acceptors (Lipinski definition) is 15. The Bertz CT molecular complexity index is 1230. The van der Waals surface area contributed by atoms with Crippen molar-refractivity contribution in [1.29, 1.82) is 0 Å². The molecule has 0 aromatic carbocycles. The van der Waals surface area contributed by atoms with Crippen LogP contribution in [0.1, 0.15) is 69.2 Å². The van der Waals surface area contributed by atoms with Crippen molar-refractivity contribution in [2.75, 3.05) is 6.61 Å². The minimum absolute atomic E-state index is 0.745. The fourth-order valence-electron chi connectivity index (χ4n) is 7.53. The minimum atomic E-state index is -2.11. The first-order valence-corrected chi connectivity index (χ1v) is 14.1. The third-order valence-electron chi connectivity index (χ3n) is 8.47. The number of hydrogen-bond donors (Lipinski definition) is 0. The summed E-state index contributed by atoms with van der Waals surface area (Å²) in [4.78, 5) is 88.2. The summed E-state index contributed by atoms with van der Waals surface area (Å²) in [5.41, 5.74) is -5.42. The molecular formula is C29H40O15. The predicted octanol–water partition coefficient (Wildman–Crippen LogP) is 0.953. The highest BCUT2D eigenvalue weighted by molar-refractivity contribution is 5.71. The van der Waals surface area contributed by atoms with Gasteiger partial charge in [0.05, 0.1) is 11.5 Å². The fourth-order valence-corrected chi connectivity index (χ4v) is 7.53. The maximum Gasteiger partial charge on any atom is 0.303 e. The Balaban J connectivity index is 2.62. The van der Waals surface area contributed by atoms with Gasteiger partial charge in [0, 0.05) is 54.4 Å². The number of carbonyl (C=O) groups is 7. The van der Waals surface area contributed by atoms with Crippen LogP contribution in [0.15, 0.2) is 0 Å².